The number of thiocarbonyl (C=S) groups is 4. The number of carboxylic acid groups (broad SMARTS) is 4. The number of carboxylic acids is 4. The second-order valence-electron chi connectivity index (χ2n) is 33.0. The van der Waals surface area contributed by atoms with Crippen molar-refractivity contribution in [2.45, 2.75) is 64.2 Å². The Bertz CT molecular complexity index is 7790. The van der Waals surface area contributed by atoms with Crippen LogP contribution in [0.15, 0.2) is 374 Å². The van der Waals surface area contributed by atoms with Gasteiger partial charge in [0, 0.05) is 81.9 Å². The number of para-hydroxylation sites is 2. The molecule has 10 heterocycles. The van der Waals surface area contributed by atoms with E-state index in [1.807, 2.05) is 73.3 Å². The number of isothiocyanates is 4. The Hall–Kier alpha value is -16.7. The molecule has 20 aromatic rings. The first-order valence-corrected chi connectivity index (χ1v) is 47.0. The quantitative estimate of drug-likeness (QED) is 0.0352. The minimum absolute atomic E-state index is 0. The fourth-order valence-electron chi connectivity index (χ4n) is 18.6. The van der Waals surface area contributed by atoms with Crippen molar-refractivity contribution >= 4 is 137 Å². The summed E-state index contributed by atoms with van der Waals surface area (Å²) < 4.78 is 12.2. The molecule has 2 aliphatic rings. The summed E-state index contributed by atoms with van der Waals surface area (Å²) in [5.41, 5.74) is 33.7. The third-order valence-electron chi connectivity index (χ3n) is 25.6. The second kappa shape index (κ2) is 49.3. The van der Waals surface area contributed by atoms with Crippen LogP contribution in [-0.2, 0) is 49.8 Å². The second-order valence-corrected chi connectivity index (χ2v) is 33.7. The van der Waals surface area contributed by atoms with Crippen molar-refractivity contribution in [1.82, 2.24) is 39.9 Å². The third kappa shape index (κ3) is 23.3. The summed E-state index contributed by atoms with van der Waals surface area (Å²) in [6.07, 6.45) is 17.1. The Morgan fingerprint density at radius 2 is 0.445 bits per heavy atom. The van der Waals surface area contributed by atoms with Crippen molar-refractivity contribution in [2.75, 3.05) is 0 Å². The number of fused-ring (bicyclic) bond motifs is 12. The number of nitrogens with zero attached hydrogens (tertiary/aromatic N) is 12. The van der Waals surface area contributed by atoms with Crippen LogP contribution in [0.3, 0.4) is 0 Å². The smallest absolute Gasteiger partial charge is 0.753 e. The molecule has 2 aliphatic carbocycles. The molecule has 0 bridgehead atoms. The zero-order valence-electron chi connectivity index (χ0n) is 78.4. The molecule has 10 aromatic heterocycles. The van der Waals surface area contributed by atoms with E-state index in [2.05, 4.69) is 325 Å². The summed E-state index contributed by atoms with van der Waals surface area (Å²) in [5, 5.41) is 73.8. The van der Waals surface area contributed by atoms with E-state index in [9.17, 15) is 19.2 Å². The van der Waals surface area contributed by atoms with Crippen LogP contribution in [0.4, 0.5) is 0 Å². The Kier molecular flexibility index (Phi) is 36.0. The molecule has 22 rings (SSSR count). The largest absolute Gasteiger partial charge is 2.00 e. The van der Waals surface area contributed by atoms with Gasteiger partial charge in [-0.25, -0.2) is 19.2 Å². The first-order chi connectivity index (χ1) is 70.1. The minimum Gasteiger partial charge on any atom is -0.753 e. The number of aromatic carboxylic acids is 4. The van der Waals surface area contributed by atoms with Gasteiger partial charge < -0.3 is 50.9 Å². The van der Waals surface area contributed by atoms with Crippen molar-refractivity contribution < 1.29 is 87.4 Å². The van der Waals surface area contributed by atoms with E-state index < -0.39 is 23.9 Å². The molecule has 22 nitrogen and oxygen atoms in total. The zero-order chi connectivity index (χ0) is 102. The molecule has 0 spiro atoms. The molecule has 0 unspecified atom stereocenters. The van der Waals surface area contributed by atoms with Crippen molar-refractivity contribution in [2.24, 2.45) is 0 Å². The van der Waals surface area contributed by atoms with E-state index in [1.54, 1.807) is 0 Å². The first-order valence-electron chi connectivity index (χ1n) is 45.3. The topological polar surface area (TPSA) is 368 Å². The van der Waals surface area contributed by atoms with E-state index >= 15 is 0 Å². The number of hydrogen-bond donors (Lipinski definition) is 4. The van der Waals surface area contributed by atoms with Gasteiger partial charge in [0.25, 0.3) is 0 Å². The Labute approximate surface area is 887 Å². The molecule has 28 heteroatoms. The van der Waals surface area contributed by atoms with E-state index in [0.717, 1.165) is 126 Å². The third-order valence-corrected chi connectivity index (χ3v) is 25.6. The van der Waals surface area contributed by atoms with Crippen molar-refractivity contribution in [3.63, 3.8) is 0 Å². The van der Waals surface area contributed by atoms with Gasteiger partial charge >= 0.3 is 62.8 Å². The molecule has 146 heavy (non-hydrogen) atoms. The summed E-state index contributed by atoms with van der Waals surface area (Å²) in [6, 6.07) is 107. The predicted octanol–water partition coefficient (Wildman–Crippen LogP) is 30.0. The summed E-state index contributed by atoms with van der Waals surface area (Å²) >= 11 is 14.8. The molecule has 0 saturated carbocycles. The number of carbonyl (C=O) groups is 4. The number of rotatable bonds is 18. The first kappa shape index (κ1) is 107. The fraction of sp³-hybridized carbons (Fsp3) is 0.0847. The number of hydrogen-bond acceptors (Lipinski definition) is 18. The summed E-state index contributed by atoms with van der Waals surface area (Å²) in [4.78, 5) is 78.2. The average molecular weight is 2160 g/mol. The van der Waals surface area contributed by atoms with Crippen LogP contribution in [0.25, 0.3) is 200 Å². The Balaban J connectivity index is 0.000000173. The molecule has 0 aliphatic heterocycles. The van der Waals surface area contributed by atoms with Crippen LogP contribution < -0.4 is 0 Å². The van der Waals surface area contributed by atoms with Crippen molar-refractivity contribution in [3.8, 4) is 135 Å². The molecule has 0 fully saturated rings. The standard InChI is InChI=1S/C56H48N2.C34H20N2O2.2C12H8N2O4.4CNS.2Ru/c1-5-55(6-2)49-31-39(37-15-11-9-12-16-37)19-23-45(49)47-25-21-41(33-51(47)55)43-27-29-57-53(35-43)54-36-44(28-30-58-54)42-22-26-48-46-24-20-40(38-17-13-10-14-18-38)32-50(46)56(7-3,8-4)52(48)34-42;1-3-7-31-25(5-1)27-11-9-21(19-33(27)37-31)23-13-15-35-29(17-23)30-18-24(14-16-36-30)22-10-12-28-26-6-2-4-8-32(26)38-34(28)20-22;2*15-11(16)7-1-3-13-9(5-7)10-6-8(12(17)18)2-4-14-10;4*2-1-3;;/h9-36H,5-8H2,1-4H3;1-20H;2*1-6H,(H,15,16)(H,17,18);;;;;;/q;;;;4*-1;2*+2. The van der Waals surface area contributed by atoms with Crippen LogP contribution in [0.2, 0.25) is 0 Å². The van der Waals surface area contributed by atoms with Crippen LogP contribution in [0, 0.1) is 0 Å². The van der Waals surface area contributed by atoms with Crippen LogP contribution in [0.5, 0.6) is 0 Å². The molecule has 4 N–H and O–H groups in total. The average Bonchev–Trinajstić information content (AvgIpc) is 1.56. The molecule has 716 valence electrons. The molecule has 0 saturated heterocycles. The number of pyridine rings is 8. The molecule has 0 atom stereocenters. The van der Waals surface area contributed by atoms with Gasteiger partial charge in [0.15, 0.2) is 0 Å². The molecular weight excluding hydrogens is 2080 g/mol. The van der Waals surface area contributed by atoms with E-state index in [4.69, 9.17) is 60.9 Å². The van der Waals surface area contributed by atoms with Crippen molar-refractivity contribution in [1.29, 1.82) is 0 Å². The normalized spacial score (nSPS) is 11.3. The predicted molar refractivity (Wildman–Crippen MR) is 582 cm³/mol. The van der Waals surface area contributed by atoms with E-state index in [0.29, 0.717) is 22.8 Å². The maximum absolute atomic E-state index is 10.8. The number of furan rings is 2. The monoisotopic (exact) mass is 2160 g/mol. The van der Waals surface area contributed by atoms with Gasteiger partial charge in [-0.1, -0.05) is 234 Å². The number of aromatic nitrogens is 8. The van der Waals surface area contributed by atoms with Gasteiger partial charge in [0.2, 0.25) is 0 Å². The number of benzene rings is 10. The van der Waals surface area contributed by atoms with Crippen LogP contribution in [-0.4, -0.2) is 105 Å². The minimum atomic E-state index is -1.08. The molecular formula is C118H84N12O10Ru2S4. The van der Waals surface area contributed by atoms with E-state index in [1.165, 1.54) is 172 Å². The van der Waals surface area contributed by atoms with Gasteiger partial charge in [0.05, 0.1) is 67.8 Å². The molecule has 10 aromatic carbocycles. The van der Waals surface area contributed by atoms with E-state index in [-0.39, 0.29) is 72.0 Å². The van der Waals surface area contributed by atoms with Gasteiger partial charge in [-0.3, -0.25) is 39.9 Å². The maximum Gasteiger partial charge on any atom is 2.00 e. The zero-order valence-corrected chi connectivity index (χ0v) is 85.2. The maximum atomic E-state index is 10.8. The van der Waals surface area contributed by atoms with Crippen LogP contribution in [0.1, 0.15) is 117 Å². The molecule has 0 amide bonds. The molecule has 0 radical (unpaired) electrons. The summed E-state index contributed by atoms with van der Waals surface area (Å²) in [5.74, 6) is -4.30. The Morgan fingerprint density at radius 1 is 0.247 bits per heavy atom. The van der Waals surface area contributed by atoms with Gasteiger partial charge in [-0.2, -0.15) is 20.6 Å². The SMILES string of the molecule is CCC1(CC)c2cc(-c3ccccc3)ccc2-c2ccc(-c3ccnc(-c4cc(-c5ccc6c(c5)C(CC)(CC)c5cc(-c7ccccc7)ccc5-6)ccn4)c3)cc21.O=C(O)c1ccnc(-c2cc(C(=O)O)ccn2)c1.O=C(O)c1ccnc(-c2cc(C(=O)O)ccn2)c1.[N-]=C=S.[N-]=C=S.[N-]=C=S.[N-]=C=S.[Ru+2].[Ru+2].c1ccc2c(c1)oc1cc(-c3ccnc(-c4cc(-c5ccc6c(c5)oc5ccccc56)ccn4)c3)ccc12. The van der Waals surface area contributed by atoms with Gasteiger partial charge in [-0.15, -0.1) is 0 Å². The van der Waals surface area contributed by atoms with Crippen LogP contribution >= 0.6 is 48.9 Å². The summed E-state index contributed by atoms with van der Waals surface area (Å²) in [7, 11) is 0. The van der Waals surface area contributed by atoms with Gasteiger partial charge in [0.1, 0.15) is 22.3 Å². The Morgan fingerprint density at radius 3 is 0.692 bits per heavy atom. The van der Waals surface area contributed by atoms with Gasteiger partial charge in [-0.05, 0) is 295 Å². The summed E-state index contributed by atoms with van der Waals surface area (Å²) in [6.45, 7) is 9.39. The fourth-order valence-corrected chi connectivity index (χ4v) is 18.6. The van der Waals surface area contributed by atoms with Crippen molar-refractivity contribution in [3.05, 3.63) is 431 Å².